The SMILES string of the molecule is CC(C)NCc1cn(Cc2cccnc2)c2ncccc12. The van der Waals surface area contributed by atoms with E-state index in [1.54, 1.807) is 6.20 Å². The zero-order valence-corrected chi connectivity index (χ0v) is 12.5. The fourth-order valence-corrected chi connectivity index (χ4v) is 2.46. The van der Waals surface area contributed by atoms with E-state index in [2.05, 4.69) is 52.0 Å². The summed E-state index contributed by atoms with van der Waals surface area (Å²) in [6, 6.07) is 8.66. The number of hydrogen-bond acceptors (Lipinski definition) is 3. The lowest BCUT2D eigenvalue weighted by molar-refractivity contribution is 0.589. The Morgan fingerprint density at radius 2 is 2.05 bits per heavy atom. The van der Waals surface area contributed by atoms with Gasteiger partial charge in [-0.25, -0.2) is 4.98 Å². The third kappa shape index (κ3) is 3.11. The van der Waals surface area contributed by atoms with Crippen LogP contribution in [0.4, 0.5) is 0 Å². The van der Waals surface area contributed by atoms with Gasteiger partial charge in [-0.3, -0.25) is 4.98 Å². The third-order valence-corrected chi connectivity index (χ3v) is 3.49. The first kappa shape index (κ1) is 13.8. The topological polar surface area (TPSA) is 42.7 Å². The van der Waals surface area contributed by atoms with Crippen LogP contribution in [0.25, 0.3) is 11.0 Å². The quantitative estimate of drug-likeness (QED) is 0.781. The lowest BCUT2D eigenvalue weighted by atomic mass is 10.2. The zero-order chi connectivity index (χ0) is 14.7. The van der Waals surface area contributed by atoms with Crippen molar-refractivity contribution in [1.82, 2.24) is 19.9 Å². The summed E-state index contributed by atoms with van der Waals surface area (Å²) < 4.78 is 2.20. The molecule has 0 aromatic carbocycles. The minimum absolute atomic E-state index is 0.471. The molecule has 3 aromatic heterocycles. The van der Waals surface area contributed by atoms with Gasteiger partial charge in [-0.1, -0.05) is 19.9 Å². The Morgan fingerprint density at radius 3 is 2.81 bits per heavy atom. The molecule has 0 aliphatic carbocycles. The Kier molecular flexibility index (Phi) is 3.97. The molecule has 0 saturated heterocycles. The second kappa shape index (κ2) is 6.06. The lowest BCUT2D eigenvalue weighted by Crippen LogP contribution is -2.21. The number of hydrogen-bond donors (Lipinski definition) is 1. The second-order valence-electron chi connectivity index (χ2n) is 5.55. The number of nitrogens with one attached hydrogen (secondary N) is 1. The predicted octanol–water partition coefficient (Wildman–Crippen LogP) is 2.98. The van der Waals surface area contributed by atoms with Crippen molar-refractivity contribution in [2.75, 3.05) is 0 Å². The molecule has 0 unspecified atom stereocenters. The molecule has 0 bridgehead atoms. The van der Waals surface area contributed by atoms with Crippen LogP contribution < -0.4 is 5.32 Å². The molecule has 108 valence electrons. The molecule has 3 heterocycles. The van der Waals surface area contributed by atoms with E-state index >= 15 is 0 Å². The molecule has 4 nitrogen and oxygen atoms in total. The lowest BCUT2D eigenvalue weighted by Gasteiger charge is -2.06. The molecule has 0 fully saturated rings. The van der Waals surface area contributed by atoms with Crippen molar-refractivity contribution < 1.29 is 0 Å². The Balaban J connectivity index is 1.95. The van der Waals surface area contributed by atoms with Crippen LogP contribution in [0.2, 0.25) is 0 Å². The van der Waals surface area contributed by atoms with Gasteiger partial charge in [0.2, 0.25) is 0 Å². The predicted molar refractivity (Wildman–Crippen MR) is 85.0 cm³/mol. The van der Waals surface area contributed by atoms with Gasteiger partial charge in [-0.05, 0) is 29.3 Å². The van der Waals surface area contributed by atoms with Crippen LogP contribution in [0.3, 0.4) is 0 Å². The molecule has 0 radical (unpaired) electrons. The molecule has 4 heteroatoms. The van der Waals surface area contributed by atoms with Crippen molar-refractivity contribution in [3.05, 3.63) is 60.2 Å². The summed E-state index contributed by atoms with van der Waals surface area (Å²) >= 11 is 0. The van der Waals surface area contributed by atoms with E-state index in [0.717, 1.165) is 18.7 Å². The molecule has 0 aliphatic rings. The van der Waals surface area contributed by atoms with Gasteiger partial charge in [0.15, 0.2) is 0 Å². The van der Waals surface area contributed by atoms with Gasteiger partial charge in [0.1, 0.15) is 5.65 Å². The highest BCUT2D eigenvalue weighted by Gasteiger charge is 2.09. The first-order chi connectivity index (χ1) is 10.2. The minimum Gasteiger partial charge on any atom is -0.328 e. The summed E-state index contributed by atoms with van der Waals surface area (Å²) in [5, 5.41) is 4.69. The molecular formula is C17H20N4. The van der Waals surface area contributed by atoms with E-state index in [1.165, 1.54) is 16.5 Å². The van der Waals surface area contributed by atoms with Crippen LogP contribution in [0, 0.1) is 0 Å². The fraction of sp³-hybridized carbons (Fsp3) is 0.294. The largest absolute Gasteiger partial charge is 0.328 e. The molecule has 21 heavy (non-hydrogen) atoms. The monoisotopic (exact) mass is 280 g/mol. The fourth-order valence-electron chi connectivity index (χ4n) is 2.46. The number of aromatic nitrogens is 3. The molecule has 3 rings (SSSR count). The van der Waals surface area contributed by atoms with Gasteiger partial charge in [0.05, 0.1) is 6.54 Å². The van der Waals surface area contributed by atoms with E-state index in [1.807, 2.05) is 24.5 Å². The van der Waals surface area contributed by atoms with Gasteiger partial charge in [0.25, 0.3) is 0 Å². The van der Waals surface area contributed by atoms with Crippen molar-refractivity contribution in [2.45, 2.75) is 33.0 Å². The van der Waals surface area contributed by atoms with Gasteiger partial charge in [-0.2, -0.15) is 0 Å². The summed E-state index contributed by atoms with van der Waals surface area (Å²) in [6.45, 7) is 5.98. The summed E-state index contributed by atoms with van der Waals surface area (Å²) in [5.74, 6) is 0. The third-order valence-electron chi connectivity index (χ3n) is 3.49. The maximum absolute atomic E-state index is 4.54. The van der Waals surface area contributed by atoms with Crippen LogP contribution in [0.1, 0.15) is 25.0 Å². The minimum atomic E-state index is 0.471. The smallest absolute Gasteiger partial charge is 0.140 e. The van der Waals surface area contributed by atoms with E-state index in [-0.39, 0.29) is 0 Å². The molecular weight excluding hydrogens is 260 g/mol. The average molecular weight is 280 g/mol. The molecule has 3 aromatic rings. The zero-order valence-electron chi connectivity index (χ0n) is 12.5. The van der Waals surface area contributed by atoms with Crippen molar-refractivity contribution in [2.24, 2.45) is 0 Å². The summed E-state index contributed by atoms with van der Waals surface area (Å²) in [4.78, 5) is 8.72. The highest BCUT2D eigenvalue weighted by atomic mass is 15.0. The number of nitrogens with zero attached hydrogens (tertiary/aromatic N) is 3. The average Bonchev–Trinajstić information content (AvgIpc) is 2.85. The van der Waals surface area contributed by atoms with Crippen LogP contribution in [0.5, 0.6) is 0 Å². The van der Waals surface area contributed by atoms with Crippen molar-refractivity contribution in [3.63, 3.8) is 0 Å². The van der Waals surface area contributed by atoms with Crippen molar-refractivity contribution >= 4 is 11.0 Å². The summed E-state index contributed by atoms with van der Waals surface area (Å²) in [7, 11) is 0. The van der Waals surface area contributed by atoms with Gasteiger partial charge < -0.3 is 9.88 Å². The Labute approximate surface area is 124 Å². The highest BCUT2D eigenvalue weighted by molar-refractivity contribution is 5.80. The van der Waals surface area contributed by atoms with Crippen LogP contribution >= 0.6 is 0 Å². The molecule has 0 aliphatic heterocycles. The van der Waals surface area contributed by atoms with Crippen molar-refractivity contribution in [3.8, 4) is 0 Å². The number of fused-ring (bicyclic) bond motifs is 1. The number of pyridine rings is 2. The normalized spacial score (nSPS) is 11.4. The Bertz CT molecular complexity index is 716. The Morgan fingerprint density at radius 1 is 1.19 bits per heavy atom. The molecule has 0 spiro atoms. The van der Waals surface area contributed by atoms with E-state index < -0.39 is 0 Å². The van der Waals surface area contributed by atoms with E-state index in [9.17, 15) is 0 Å². The molecule has 0 amide bonds. The first-order valence-corrected chi connectivity index (χ1v) is 7.29. The maximum Gasteiger partial charge on any atom is 0.140 e. The first-order valence-electron chi connectivity index (χ1n) is 7.29. The Hall–Kier alpha value is -2.20. The summed E-state index contributed by atoms with van der Waals surface area (Å²) in [6.07, 6.45) is 7.75. The van der Waals surface area contributed by atoms with Crippen LogP contribution in [0.15, 0.2) is 49.1 Å². The molecule has 0 atom stereocenters. The van der Waals surface area contributed by atoms with E-state index in [4.69, 9.17) is 0 Å². The standard InChI is InChI=1S/C17H20N4/c1-13(2)20-10-15-12-21(11-14-5-3-7-18-9-14)17-16(15)6-4-8-19-17/h3-9,12-13,20H,10-11H2,1-2H3. The maximum atomic E-state index is 4.54. The van der Waals surface area contributed by atoms with Crippen LogP contribution in [-0.2, 0) is 13.1 Å². The van der Waals surface area contributed by atoms with Gasteiger partial charge in [0, 0.05) is 42.8 Å². The van der Waals surface area contributed by atoms with Gasteiger partial charge in [-0.15, -0.1) is 0 Å². The highest BCUT2D eigenvalue weighted by Crippen LogP contribution is 2.20. The summed E-state index contributed by atoms with van der Waals surface area (Å²) in [5.41, 5.74) is 3.50. The number of rotatable bonds is 5. The van der Waals surface area contributed by atoms with Gasteiger partial charge >= 0.3 is 0 Å². The van der Waals surface area contributed by atoms with E-state index in [0.29, 0.717) is 6.04 Å². The molecule has 0 saturated carbocycles. The van der Waals surface area contributed by atoms with Crippen LogP contribution in [-0.4, -0.2) is 20.6 Å². The molecule has 1 N–H and O–H groups in total. The van der Waals surface area contributed by atoms with Crippen molar-refractivity contribution in [1.29, 1.82) is 0 Å². The second-order valence-corrected chi connectivity index (χ2v) is 5.55.